The summed E-state index contributed by atoms with van der Waals surface area (Å²) < 4.78 is 0. The molecule has 2 aliphatic heterocycles. The molecule has 2 heterocycles. The molecular weight excluding hydrogens is 326 g/mol. The number of nitrogens with zero attached hydrogens (tertiary/aromatic N) is 2. The molecule has 0 spiro atoms. The number of hydrogen-bond acceptors (Lipinski definition) is 3. The SMILES string of the molecule is CCNCC1CCN(C(=O)C2CCN(C(=O)c3ccccc3)CC2)CC1. The van der Waals surface area contributed by atoms with Crippen molar-refractivity contribution >= 4 is 11.8 Å². The predicted molar refractivity (Wildman–Crippen MR) is 103 cm³/mol. The van der Waals surface area contributed by atoms with Gasteiger partial charge in [0.05, 0.1) is 0 Å². The highest BCUT2D eigenvalue weighted by molar-refractivity contribution is 5.94. The van der Waals surface area contributed by atoms with E-state index in [-0.39, 0.29) is 11.8 Å². The molecule has 0 radical (unpaired) electrons. The van der Waals surface area contributed by atoms with Gasteiger partial charge < -0.3 is 15.1 Å². The van der Waals surface area contributed by atoms with Gasteiger partial charge in [0.1, 0.15) is 0 Å². The predicted octanol–water partition coefficient (Wildman–Crippen LogP) is 2.39. The van der Waals surface area contributed by atoms with Crippen LogP contribution in [0.2, 0.25) is 0 Å². The minimum absolute atomic E-state index is 0.0835. The van der Waals surface area contributed by atoms with Crippen LogP contribution in [0.15, 0.2) is 30.3 Å². The van der Waals surface area contributed by atoms with Crippen molar-refractivity contribution in [1.29, 1.82) is 0 Å². The molecule has 2 fully saturated rings. The molecule has 3 rings (SSSR count). The van der Waals surface area contributed by atoms with Crippen molar-refractivity contribution in [3.63, 3.8) is 0 Å². The first-order valence-electron chi connectivity index (χ1n) is 10.0. The van der Waals surface area contributed by atoms with E-state index in [4.69, 9.17) is 0 Å². The van der Waals surface area contributed by atoms with Gasteiger partial charge >= 0.3 is 0 Å². The Morgan fingerprint density at radius 3 is 2.19 bits per heavy atom. The molecule has 2 aliphatic rings. The largest absolute Gasteiger partial charge is 0.342 e. The van der Waals surface area contributed by atoms with Gasteiger partial charge in [-0.3, -0.25) is 9.59 Å². The minimum atomic E-state index is 0.0835. The van der Waals surface area contributed by atoms with Gasteiger partial charge in [-0.05, 0) is 56.8 Å². The second-order valence-electron chi connectivity index (χ2n) is 7.51. The van der Waals surface area contributed by atoms with Crippen LogP contribution in [-0.4, -0.2) is 60.9 Å². The van der Waals surface area contributed by atoms with E-state index < -0.39 is 0 Å². The Balaban J connectivity index is 1.45. The lowest BCUT2D eigenvalue weighted by Gasteiger charge is -2.37. The molecular formula is C21H31N3O2. The molecule has 142 valence electrons. The fraction of sp³-hybridized carbons (Fsp3) is 0.619. The third-order valence-corrected chi connectivity index (χ3v) is 5.76. The Morgan fingerprint density at radius 2 is 1.58 bits per heavy atom. The van der Waals surface area contributed by atoms with Gasteiger partial charge in [0.15, 0.2) is 0 Å². The Kier molecular flexibility index (Phi) is 6.67. The number of carbonyl (C=O) groups is 2. The summed E-state index contributed by atoms with van der Waals surface area (Å²) in [6.45, 7) is 7.35. The highest BCUT2D eigenvalue weighted by Gasteiger charge is 2.32. The number of likely N-dealkylation sites (tertiary alicyclic amines) is 2. The Labute approximate surface area is 156 Å². The summed E-state index contributed by atoms with van der Waals surface area (Å²) in [7, 11) is 0. The highest BCUT2D eigenvalue weighted by atomic mass is 16.2. The number of piperidine rings is 2. The fourth-order valence-electron chi connectivity index (χ4n) is 4.06. The van der Waals surface area contributed by atoms with Gasteiger partial charge in [0.2, 0.25) is 5.91 Å². The highest BCUT2D eigenvalue weighted by Crippen LogP contribution is 2.24. The van der Waals surface area contributed by atoms with Crippen molar-refractivity contribution < 1.29 is 9.59 Å². The average Bonchev–Trinajstić information content (AvgIpc) is 2.72. The molecule has 26 heavy (non-hydrogen) atoms. The molecule has 0 bridgehead atoms. The van der Waals surface area contributed by atoms with Crippen LogP contribution in [0.1, 0.15) is 43.0 Å². The number of amides is 2. The van der Waals surface area contributed by atoms with E-state index in [0.29, 0.717) is 24.9 Å². The van der Waals surface area contributed by atoms with Crippen molar-refractivity contribution in [1.82, 2.24) is 15.1 Å². The number of carbonyl (C=O) groups excluding carboxylic acids is 2. The second kappa shape index (κ2) is 9.17. The lowest BCUT2D eigenvalue weighted by molar-refractivity contribution is -0.138. The van der Waals surface area contributed by atoms with Crippen LogP contribution in [0.3, 0.4) is 0 Å². The van der Waals surface area contributed by atoms with E-state index in [0.717, 1.165) is 57.4 Å². The van der Waals surface area contributed by atoms with Crippen LogP contribution < -0.4 is 5.32 Å². The molecule has 0 aromatic heterocycles. The van der Waals surface area contributed by atoms with Crippen LogP contribution in [0.25, 0.3) is 0 Å². The maximum atomic E-state index is 12.8. The van der Waals surface area contributed by atoms with Crippen LogP contribution in [0.5, 0.6) is 0 Å². The molecule has 1 aromatic carbocycles. The van der Waals surface area contributed by atoms with Gasteiger partial charge in [-0.25, -0.2) is 0 Å². The van der Waals surface area contributed by atoms with E-state index in [1.807, 2.05) is 35.2 Å². The van der Waals surface area contributed by atoms with Crippen molar-refractivity contribution in [2.45, 2.75) is 32.6 Å². The molecule has 5 heteroatoms. The van der Waals surface area contributed by atoms with Gasteiger partial charge in [-0.1, -0.05) is 25.1 Å². The standard InChI is InChI=1S/C21H31N3O2/c1-2-22-16-17-8-12-23(13-9-17)21(26)19-10-14-24(15-11-19)20(25)18-6-4-3-5-7-18/h3-7,17,19,22H,2,8-16H2,1H3. The molecule has 2 amide bonds. The van der Waals surface area contributed by atoms with E-state index in [2.05, 4.69) is 17.1 Å². The number of nitrogens with one attached hydrogen (secondary N) is 1. The van der Waals surface area contributed by atoms with Crippen LogP contribution in [0, 0.1) is 11.8 Å². The van der Waals surface area contributed by atoms with Crippen LogP contribution in [0.4, 0.5) is 0 Å². The Bertz CT molecular complexity index is 589. The second-order valence-corrected chi connectivity index (χ2v) is 7.51. The molecule has 0 aliphatic carbocycles. The van der Waals surface area contributed by atoms with Crippen molar-refractivity contribution in [3.05, 3.63) is 35.9 Å². The third-order valence-electron chi connectivity index (χ3n) is 5.76. The smallest absolute Gasteiger partial charge is 0.253 e. The lowest BCUT2D eigenvalue weighted by Crippen LogP contribution is -2.47. The molecule has 1 N–H and O–H groups in total. The molecule has 2 saturated heterocycles. The van der Waals surface area contributed by atoms with Gasteiger partial charge in [-0.2, -0.15) is 0 Å². The summed E-state index contributed by atoms with van der Waals surface area (Å²) in [5, 5.41) is 3.41. The summed E-state index contributed by atoms with van der Waals surface area (Å²) in [5.41, 5.74) is 0.736. The van der Waals surface area contributed by atoms with E-state index in [1.54, 1.807) is 0 Å². The summed E-state index contributed by atoms with van der Waals surface area (Å²) in [6.07, 6.45) is 3.78. The zero-order valence-electron chi connectivity index (χ0n) is 15.8. The van der Waals surface area contributed by atoms with Gasteiger partial charge in [-0.15, -0.1) is 0 Å². The van der Waals surface area contributed by atoms with E-state index in [1.165, 1.54) is 0 Å². The summed E-state index contributed by atoms with van der Waals surface area (Å²) in [4.78, 5) is 29.3. The van der Waals surface area contributed by atoms with E-state index >= 15 is 0 Å². The number of benzene rings is 1. The number of rotatable bonds is 5. The van der Waals surface area contributed by atoms with Crippen molar-refractivity contribution in [3.8, 4) is 0 Å². The maximum absolute atomic E-state index is 12.8. The van der Waals surface area contributed by atoms with Crippen molar-refractivity contribution in [2.75, 3.05) is 39.3 Å². The van der Waals surface area contributed by atoms with E-state index in [9.17, 15) is 9.59 Å². The molecule has 1 aromatic rings. The first-order chi connectivity index (χ1) is 12.7. The van der Waals surface area contributed by atoms with Crippen molar-refractivity contribution in [2.24, 2.45) is 11.8 Å². The number of hydrogen-bond donors (Lipinski definition) is 1. The molecule has 0 saturated carbocycles. The monoisotopic (exact) mass is 357 g/mol. The van der Waals surface area contributed by atoms with Gasteiger partial charge in [0, 0.05) is 37.7 Å². The average molecular weight is 357 g/mol. The Morgan fingerprint density at radius 1 is 0.962 bits per heavy atom. The first kappa shape index (κ1) is 18.9. The molecule has 0 atom stereocenters. The fourth-order valence-corrected chi connectivity index (χ4v) is 4.06. The lowest BCUT2D eigenvalue weighted by atomic mass is 9.92. The van der Waals surface area contributed by atoms with Gasteiger partial charge in [0.25, 0.3) is 5.91 Å². The first-order valence-corrected chi connectivity index (χ1v) is 10.0. The third kappa shape index (κ3) is 4.64. The zero-order chi connectivity index (χ0) is 18.4. The Hall–Kier alpha value is -1.88. The minimum Gasteiger partial charge on any atom is -0.342 e. The normalized spacial score (nSPS) is 19.6. The van der Waals surface area contributed by atoms with Crippen LogP contribution in [-0.2, 0) is 4.79 Å². The topological polar surface area (TPSA) is 52.7 Å². The molecule has 0 unspecified atom stereocenters. The quantitative estimate of drug-likeness (QED) is 0.880. The summed E-state index contributed by atoms with van der Waals surface area (Å²) in [5.74, 6) is 1.17. The zero-order valence-corrected chi connectivity index (χ0v) is 15.8. The summed E-state index contributed by atoms with van der Waals surface area (Å²) >= 11 is 0. The van der Waals surface area contributed by atoms with Crippen LogP contribution >= 0.6 is 0 Å². The molecule has 5 nitrogen and oxygen atoms in total. The summed E-state index contributed by atoms with van der Waals surface area (Å²) in [6, 6.07) is 9.42. The maximum Gasteiger partial charge on any atom is 0.253 e.